The Morgan fingerprint density at radius 3 is 1.43 bits per heavy atom. The molecular formula is C65H80F4N8O12V2-2. The van der Waals surface area contributed by atoms with E-state index in [0.717, 1.165) is 0 Å². The summed E-state index contributed by atoms with van der Waals surface area (Å²) in [4.78, 5) is 99.0. The van der Waals surface area contributed by atoms with E-state index in [9.17, 15) is 28.8 Å². The van der Waals surface area contributed by atoms with E-state index in [1.807, 2.05) is 19.5 Å². The van der Waals surface area contributed by atoms with Gasteiger partial charge in [0.1, 0.15) is 47.5 Å². The normalized spacial score (nSPS) is 31.4. The fraction of sp³-hybridized carbons (Fsp3) is 0.662. The molecule has 12 rings (SSSR count). The average Bonchev–Trinajstić information content (AvgIpc) is 1.62. The molecule has 0 unspecified atom stereocenters. The number of benzene rings is 2. The van der Waals surface area contributed by atoms with Crippen LogP contribution in [0, 0.1) is 45.3 Å². The van der Waals surface area contributed by atoms with Crippen LogP contribution in [0.5, 0.6) is 23.3 Å². The number of nitrogens with zero attached hydrogens (tertiary/aromatic N) is 6. The molecule has 6 heterocycles. The summed E-state index contributed by atoms with van der Waals surface area (Å²) in [7, 11) is 2.99. The van der Waals surface area contributed by atoms with Crippen molar-refractivity contribution in [2.75, 3.05) is 27.3 Å². The molecule has 4 bridgehead atoms. The van der Waals surface area contributed by atoms with Crippen molar-refractivity contribution in [1.82, 2.24) is 40.4 Å². The molecule has 4 aromatic rings. The molecule has 91 heavy (non-hydrogen) atoms. The first-order valence-electron chi connectivity index (χ1n) is 31.0. The first-order valence-corrected chi connectivity index (χ1v) is 31.0. The van der Waals surface area contributed by atoms with E-state index in [1.54, 1.807) is 91.8 Å². The predicted octanol–water partition coefficient (Wildman–Crippen LogP) is 10.2. The van der Waals surface area contributed by atoms with Crippen LogP contribution < -0.4 is 29.6 Å². The van der Waals surface area contributed by atoms with Crippen LogP contribution in [0.15, 0.2) is 36.4 Å². The summed E-state index contributed by atoms with van der Waals surface area (Å²) < 4.78 is 101. The van der Waals surface area contributed by atoms with Crippen molar-refractivity contribution in [1.29, 1.82) is 0 Å². The Morgan fingerprint density at radius 1 is 0.593 bits per heavy atom. The number of alkyl carbamates (subject to hydrolysis) is 2. The molecule has 2 saturated heterocycles. The molecule has 6 fully saturated rings. The third-order valence-corrected chi connectivity index (χ3v) is 20.2. The van der Waals surface area contributed by atoms with E-state index < -0.39 is 123 Å². The number of fused-ring (bicyclic) bond motifs is 10. The number of rotatable bonds is 4. The van der Waals surface area contributed by atoms with Gasteiger partial charge in [-0.25, -0.2) is 42.1 Å². The number of nitrogens with one attached hydrogen (secondary N) is 2. The van der Waals surface area contributed by atoms with Crippen molar-refractivity contribution >= 4 is 58.6 Å². The number of hydrogen-bond donors (Lipinski definition) is 2. The number of ether oxygens (including phenoxy) is 6. The molecule has 4 aliphatic heterocycles. The maximum Gasteiger partial charge on any atom is 0.408 e. The molecule has 8 aliphatic rings. The number of carbonyl (C=O) groups excluding carboxylic acids is 6. The summed E-state index contributed by atoms with van der Waals surface area (Å²) in [5, 5.41) is 5.49. The Balaban J connectivity index is 0.000000211. The monoisotopic (exact) mass is 1340 g/mol. The molecule has 492 valence electrons. The molecule has 26 heteroatoms. The third-order valence-electron chi connectivity index (χ3n) is 20.2. The molecule has 2 N–H and O–H groups in total. The Kier molecular flexibility index (Phi) is 19.4. The zero-order valence-electron chi connectivity index (χ0n) is 53.2. The summed E-state index contributed by atoms with van der Waals surface area (Å²) in [6, 6.07) is 5.55. The number of aromatic nitrogens is 4. The van der Waals surface area contributed by atoms with Crippen molar-refractivity contribution in [3.05, 3.63) is 47.8 Å². The van der Waals surface area contributed by atoms with Gasteiger partial charge in [0.25, 0.3) is 0 Å². The summed E-state index contributed by atoms with van der Waals surface area (Å²) in [5.41, 5.74) is -4.67. The molecular weight excluding hydrogens is 1260 g/mol. The number of carbonyl (C=O) groups is 4. The maximum absolute atomic E-state index is 16.7. The smallest absolute Gasteiger partial charge is 0.408 e. The molecule has 2 spiro atoms. The minimum absolute atomic E-state index is 0. The number of hydrogen-bond acceptors (Lipinski definition) is 16. The number of methoxy groups -OCH3 is 2. The van der Waals surface area contributed by atoms with Gasteiger partial charge >= 0.3 is 24.0 Å². The van der Waals surface area contributed by atoms with Crippen LogP contribution in [0.25, 0.3) is 22.1 Å². The average molecular weight is 1340 g/mol. The summed E-state index contributed by atoms with van der Waals surface area (Å²) in [6.07, 6.45) is 5.90. The quantitative estimate of drug-likeness (QED) is 0.143. The summed E-state index contributed by atoms with van der Waals surface area (Å²) in [5.74, 6) is -8.54. The standard InChI is InChI=1S/C33H41F2N4O6.C32H39F2N4O6.2V/c1-18-23(17-40)39-16-24(18)44-27-25(36-21-10-9-20(43-6)14-22(21)37-27)33(34,35)32(12-13-32)11-7-8-19-15-31(19,5)45-29(42)38-26(28(39)41)30(2,3)4;1-17-22(16-39)38-15-24(17)43-27-25(35-20-9-8-19(42-5)14-21(20)36-27)32(33,34)31(11-12-31)10-6-7-18-13-23(18)44-29(41)37-26(28(38)40)30(2,3)4;;/h9-10,14,18-19,23-24,26H,7-8,11-13,15-16H2,1-6H3,(H,38,42);8-9,14,17-18,22-24,26H,6-7,10-13,15H2,1-5H3,(H,37,41);;/q2*-1;;/t18-,19+,23+,24-,26+,31+;17-,18+,22+,23+,24-,26+;;/m00../s1. The van der Waals surface area contributed by atoms with Crippen LogP contribution in [0.1, 0.15) is 151 Å². The number of alkyl halides is 4. The number of halogens is 4. The summed E-state index contributed by atoms with van der Waals surface area (Å²) >= 11 is 0. The van der Waals surface area contributed by atoms with E-state index in [2.05, 4.69) is 30.6 Å². The van der Waals surface area contributed by atoms with Crippen molar-refractivity contribution in [3.8, 4) is 23.3 Å². The van der Waals surface area contributed by atoms with Gasteiger partial charge in [-0.05, 0) is 124 Å². The number of amides is 4. The van der Waals surface area contributed by atoms with Crippen LogP contribution in [-0.4, -0.2) is 142 Å². The van der Waals surface area contributed by atoms with Crippen LogP contribution in [-0.2, 0) is 77.6 Å². The Bertz CT molecular complexity index is 3460. The van der Waals surface area contributed by atoms with E-state index in [0.29, 0.717) is 86.7 Å². The fourth-order valence-electron chi connectivity index (χ4n) is 13.7. The second-order valence-corrected chi connectivity index (χ2v) is 28.5. The zero-order valence-corrected chi connectivity index (χ0v) is 56.0. The van der Waals surface area contributed by atoms with Crippen LogP contribution in [0.3, 0.4) is 0 Å². The van der Waals surface area contributed by atoms with Gasteiger partial charge in [0.05, 0.1) is 49.4 Å². The van der Waals surface area contributed by atoms with Gasteiger partial charge in [-0.2, -0.15) is 17.6 Å². The van der Waals surface area contributed by atoms with Crippen LogP contribution >= 0.6 is 0 Å². The van der Waals surface area contributed by atoms with E-state index in [-0.39, 0.29) is 104 Å². The molecule has 2 aromatic heterocycles. The largest absolute Gasteiger partial charge is 0.540 e. The van der Waals surface area contributed by atoms with Crippen molar-refractivity contribution in [2.45, 2.75) is 199 Å². The van der Waals surface area contributed by atoms with Gasteiger partial charge in [-0.15, -0.1) is 0 Å². The van der Waals surface area contributed by atoms with Crippen molar-refractivity contribution in [3.63, 3.8) is 0 Å². The minimum atomic E-state index is -3.36. The fourth-order valence-corrected chi connectivity index (χ4v) is 13.7. The van der Waals surface area contributed by atoms with Gasteiger partial charge in [0.2, 0.25) is 23.6 Å². The molecule has 12 atom stereocenters. The molecule has 2 aromatic carbocycles. The van der Waals surface area contributed by atoms with Gasteiger partial charge in [-0.1, -0.05) is 80.3 Å². The first-order chi connectivity index (χ1) is 41.9. The molecule has 20 nitrogen and oxygen atoms in total. The SMILES string of the molecule is COc1ccc2nc3c(nc2c1)O[C@H]1CN(C(=O)[C@H](C(C)(C)C)NC(=O)O[C@@H]2C[C@H]2CCCC2(CC2)C3(F)F)[C@H]([C-]=O)[C@@H]1C.COc1ccc2nc3c(nc2c1)O[C@H]1CN(C(=O)[C@H](C(C)(C)C)NC(=O)O[C@]2(C)C[C@H]2CCCC2(CC2)C3(F)F)[C@H]([C-]=O)[C@@H]1C.[V].[V]. The van der Waals surface area contributed by atoms with Crippen molar-refractivity contribution < 1.29 is 112 Å². The third kappa shape index (κ3) is 13.3. The topological polar surface area (TPSA) is 240 Å². The summed E-state index contributed by atoms with van der Waals surface area (Å²) in [6.45, 7) is 15.9. The molecule has 2 radical (unpaired) electrons. The minimum Gasteiger partial charge on any atom is -0.540 e. The maximum atomic E-state index is 16.7. The van der Waals surface area contributed by atoms with E-state index in [4.69, 9.17) is 28.4 Å². The van der Waals surface area contributed by atoms with Gasteiger partial charge in [0.15, 0.2) is 11.4 Å². The molecule has 4 amide bonds. The Hall–Kier alpha value is -5.97. The molecule has 4 saturated carbocycles. The first kappa shape index (κ1) is 69.4. The zero-order chi connectivity index (χ0) is 64.1. The molecule has 4 aliphatic carbocycles. The predicted molar refractivity (Wildman–Crippen MR) is 315 cm³/mol. The van der Waals surface area contributed by atoms with Crippen LogP contribution in [0.4, 0.5) is 27.2 Å². The Morgan fingerprint density at radius 2 is 1.02 bits per heavy atom. The van der Waals surface area contributed by atoms with E-state index in [1.165, 1.54) is 24.0 Å². The second-order valence-electron chi connectivity index (χ2n) is 28.5. The van der Waals surface area contributed by atoms with E-state index >= 15 is 17.6 Å². The van der Waals surface area contributed by atoms with Gasteiger partial charge in [-0.3, -0.25) is 9.59 Å². The Labute approximate surface area is 551 Å². The van der Waals surface area contributed by atoms with Gasteiger partial charge in [0, 0.05) is 66.0 Å². The van der Waals surface area contributed by atoms with Crippen LogP contribution in [0.2, 0.25) is 0 Å². The van der Waals surface area contributed by atoms with Gasteiger partial charge < -0.3 is 58.4 Å². The van der Waals surface area contributed by atoms with Crippen molar-refractivity contribution in [2.24, 2.45) is 45.3 Å². The second kappa shape index (κ2) is 25.4.